The van der Waals surface area contributed by atoms with Crippen molar-refractivity contribution in [3.8, 4) is 0 Å². The summed E-state index contributed by atoms with van der Waals surface area (Å²) in [6, 6.07) is 3.78. The van der Waals surface area contributed by atoms with E-state index in [4.69, 9.17) is 10.9 Å². The van der Waals surface area contributed by atoms with Crippen molar-refractivity contribution in [1.29, 1.82) is 0 Å². The molecule has 0 atom stereocenters. The lowest BCUT2D eigenvalue weighted by Crippen LogP contribution is -2.27. The zero-order chi connectivity index (χ0) is 13.9. The number of amidine groups is 1. The number of rotatable bonds is 6. The topological polar surface area (TPSA) is 83.5 Å². The van der Waals surface area contributed by atoms with Gasteiger partial charge in [-0.05, 0) is 41.9 Å². The molecule has 0 unspecified atom stereocenters. The largest absolute Gasteiger partial charge is 0.409 e. The van der Waals surface area contributed by atoms with Gasteiger partial charge in [0.05, 0.1) is 0 Å². The monoisotopic (exact) mass is 262 g/mol. The first-order valence-electron chi connectivity index (χ1n) is 6.71. The Morgan fingerprint density at radius 1 is 1.58 bits per heavy atom. The lowest BCUT2D eigenvalue weighted by molar-refractivity contribution is 0.318. The highest BCUT2D eigenvalue weighted by molar-refractivity contribution is 5.95. The normalized spacial score (nSPS) is 17.7. The second-order valence-electron chi connectivity index (χ2n) is 5.66. The maximum absolute atomic E-state index is 8.64. The zero-order valence-electron chi connectivity index (χ0n) is 11.6. The summed E-state index contributed by atoms with van der Waals surface area (Å²) < 4.78 is 0. The van der Waals surface area contributed by atoms with E-state index >= 15 is 0 Å². The molecule has 104 valence electrons. The second-order valence-corrected chi connectivity index (χ2v) is 5.66. The molecular formula is C14H22N4O. The Morgan fingerprint density at radius 2 is 2.32 bits per heavy atom. The number of nitrogens with two attached hydrogens (primary N) is 1. The molecule has 5 heteroatoms. The number of oxime groups is 1. The number of hydrogen-bond donors (Lipinski definition) is 3. The van der Waals surface area contributed by atoms with E-state index < -0.39 is 0 Å². The molecule has 0 aromatic carbocycles. The summed E-state index contributed by atoms with van der Waals surface area (Å²) in [4.78, 5) is 4.06. The summed E-state index contributed by atoms with van der Waals surface area (Å²) in [5, 5.41) is 15.1. The zero-order valence-corrected chi connectivity index (χ0v) is 11.6. The van der Waals surface area contributed by atoms with E-state index in [1.807, 2.05) is 12.1 Å². The number of hydrogen-bond acceptors (Lipinski definition) is 4. The van der Waals surface area contributed by atoms with Gasteiger partial charge < -0.3 is 16.3 Å². The Bertz CT molecular complexity index is 466. The summed E-state index contributed by atoms with van der Waals surface area (Å²) in [6.07, 6.45) is 4.33. The Hall–Kier alpha value is -1.62. The van der Waals surface area contributed by atoms with Crippen molar-refractivity contribution in [3.63, 3.8) is 0 Å². The Morgan fingerprint density at radius 3 is 2.89 bits per heavy atom. The quantitative estimate of drug-likeness (QED) is 0.315. The van der Waals surface area contributed by atoms with Crippen LogP contribution in [0.15, 0.2) is 23.5 Å². The molecule has 1 saturated carbocycles. The van der Waals surface area contributed by atoms with E-state index in [9.17, 15) is 0 Å². The van der Waals surface area contributed by atoms with Crippen molar-refractivity contribution in [1.82, 2.24) is 10.3 Å². The lowest BCUT2D eigenvalue weighted by atomic mass is 9.92. The van der Waals surface area contributed by atoms with Crippen LogP contribution < -0.4 is 11.1 Å². The molecule has 19 heavy (non-hydrogen) atoms. The molecule has 4 N–H and O–H groups in total. The summed E-state index contributed by atoms with van der Waals surface area (Å²) in [6.45, 7) is 6.41. The average molecular weight is 262 g/mol. The number of nitrogens with one attached hydrogen (secondary N) is 1. The summed E-state index contributed by atoms with van der Waals surface area (Å²) in [7, 11) is 0. The van der Waals surface area contributed by atoms with Crippen LogP contribution in [-0.4, -0.2) is 22.6 Å². The fourth-order valence-electron chi connectivity index (χ4n) is 2.35. The van der Waals surface area contributed by atoms with E-state index in [0.29, 0.717) is 11.1 Å². The average Bonchev–Trinajstić information content (AvgIpc) is 3.19. The van der Waals surface area contributed by atoms with Crippen LogP contribution in [0.1, 0.15) is 37.9 Å². The molecule has 5 nitrogen and oxygen atoms in total. The fraction of sp³-hybridized carbons (Fsp3) is 0.571. The van der Waals surface area contributed by atoms with Gasteiger partial charge in [0.1, 0.15) is 5.69 Å². The Labute approximate surface area is 113 Å². The molecule has 1 aliphatic rings. The predicted octanol–water partition coefficient (Wildman–Crippen LogP) is 1.70. The molecule has 1 aromatic rings. The predicted molar refractivity (Wildman–Crippen MR) is 75.0 cm³/mol. The van der Waals surface area contributed by atoms with Crippen molar-refractivity contribution < 1.29 is 5.21 Å². The van der Waals surface area contributed by atoms with Crippen LogP contribution in [-0.2, 0) is 6.54 Å². The SMILES string of the molecule is CC(C)C1(CNCc2ccnc(/C(N)=N/O)c2)CC1. The molecule has 0 saturated heterocycles. The molecule has 1 fully saturated rings. The van der Waals surface area contributed by atoms with Gasteiger partial charge >= 0.3 is 0 Å². The van der Waals surface area contributed by atoms with Gasteiger partial charge in [0, 0.05) is 19.3 Å². The van der Waals surface area contributed by atoms with E-state index in [1.165, 1.54) is 12.8 Å². The van der Waals surface area contributed by atoms with Crippen molar-refractivity contribution in [2.45, 2.75) is 33.2 Å². The van der Waals surface area contributed by atoms with Crippen molar-refractivity contribution in [2.75, 3.05) is 6.54 Å². The Kier molecular flexibility index (Phi) is 4.04. The summed E-state index contributed by atoms with van der Waals surface area (Å²) >= 11 is 0. The van der Waals surface area contributed by atoms with Crippen LogP contribution in [0.2, 0.25) is 0 Å². The van der Waals surface area contributed by atoms with Crippen LogP contribution in [0.25, 0.3) is 0 Å². The smallest absolute Gasteiger partial charge is 0.188 e. The van der Waals surface area contributed by atoms with Crippen molar-refractivity contribution in [2.24, 2.45) is 22.2 Å². The summed E-state index contributed by atoms with van der Waals surface area (Å²) in [5.74, 6) is 0.771. The third-order valence-corrected chi connectivity index (χ3v) is 4.12. The van der Waals surface area contributed by atoms with Gasteiger partial charge in [-0.25, -0.2) is 0 Å². The van der Waals surface area contributed by atoms with Crippen LogP contribution in [0.3, 0.4) is 0 Å². The first-order chi connectivity index (χ1) is 9.07. The first-order valence-corrected chi connectivity index (χ1v) is 6.71. The van der Waals surface area contributed by atoms with E-state index in [0.717, 1.165) is 24.6 Å². The van der Waals surface area contributed by atoms with Crippen molar-refractivity contribution in [3.05, 3.63) is 29.6 Å². The number of aromatic nitrogens is 1. The molecule has 1 aliphatic carbocycles. The maximum atomic E-state index is 8.64. The van der Waals surface area contributed by atoms with Gasteiger partial charge in [0.25, 0.3) is 0 Å². The molecule has 1 aromatic heterocycles. The highest BCUT2D eigenvalue weighted by atomic mass is 16.4. The van der Waals surface area contributed by atoms with Gasteiger partial charge in [0.15, 0.2) is 5.84 Å². The van der Waals surface area contributed by atoms with Crippen LogP contribution in [0.5, 0.6) is 0 Å². The molecule has 0 aliphatic heterocycles. The Balaban J connectivity index is 1.90. The van der Waals surface area contributed by atoms with E-state index in [1.54, 1.807) is 6.20 Å². The summed E-state index contributed by atoms with van der Waals surface area (Å²) in [5.41, 5.74) is 7.63. The first kappa shape index (κ1) is 13.8. The lowest BCUT2D eigenvalue weighted by Gasteiger charge is -2.20. The minimum Gasteiger partial charge on any atom is -0.409 e. The highest BCUT2D eigenvalue weighted by Gasteiger charge is 2.44. The third-order valence-electron chi connectivity index (χ3n) is 4.12. The molecule has 0 bridgehead atoms. The van der Waals surface area contributed by atoms with Gasteiger partial charge in [-0.2, -0.15) is 0 Å². The molecular weight excluding hydrogens is 240 g/mol. The molecule has 0 amide bonds. The molecule has 2 rings (SSSR count). The van der Waals surface area contributed by atoms with E-state index in [-0.39, 0.29) is 5.84 Å². The third kappa shape index (κ3) is 3.23. The molecule has 0 spiro atoms. The van der Waals surface area contributed by atoms with Crippen LogP contribution in [0, 0.1) is 11.3 Å². The van der Waals surface area contributed by atoms with Crippen molar-refractivity contribution >= 4 is 5.84 Å². The van der Waals surface area contributed by atoms with Gasteiger partial charge in [0.2, 0.25) is 0 Å². The number of nitrogens with zero attached hydrogens (tertiary/aromatic N) is 2. The van der Waals surface area contributed by atoms with Gasteiger partial charge in [-0.3, -0.25) is 4.98 Å². The van der Waals surface area contributed by atoms with Crippen LogP contribution >= 0.6 is 0 Å². The van der Waals surface area contributed by atoms with Gasteiger partial charge in [-0.15, -0.1) is 0 Å². The fourth-order valence-corrected chi connectivity index (χ4v) is 2.35. The van der Waals surface area contributed by atoms with Gasteiger partial charge in [-0.1, -0.05) is 19.0 Å². The standard InChI is InChI=1S/C14H22N4O/c1-10(2)14(4-5-14)9-16-8-11-3-6-17-12(7-11)13(15)18-19/h3,6-7,10,16,19H,4-5,8-9H2,1-2H3,(H2,15,18). The van der Waals surface area contributed by atoms with E-state index in [2.05, 4.69) is 29.3 Å². The minimum atomic E-state index is 0.0442. The minimum absolute atomic E-state index is 0.0442. The van der Waals surface area contributed by atoms with Crippen LogP contribution in [0.4, 0.5) is 0 Å². The second kappa shape index (κ2) is 5.57. The molecule has 0 radical (unpaired) electrons. The highest BCUT2D eigenvalue weighted by Crippen LogP contribution is 2.51. The maximum Gasteiger partial charge on any atom is 0.188 e. The molecule has 1 heterocycles. The number of pyridine rings is 1.